The Balaban J connectivity index is 2.21. The molecule has 2 heterocycles. The molecular weight excluding hydrogens is 244 g/mol. The number of ether oxygens (including phenoxy) is 2. The lowest BCUT2D eigenvalue weighted by molar-refractivity contribution is -0.139. The Labute approximate surface area is 112 Å². The van der Waals surface area contributed by atoms with Crippen molar-refractivity contribution >= 4 is 5.97 Å². The van der Waals surface area contributed by atoms with Gasteiger partial charge in [0.1, 0.15) is 11.5 Å². The first-order valence-electron chi connectivity index (χ1n) is 6.76. The van der Waals surface area contributed by atoms with E-state index in [0.29, 0.717) is 13.2 Å². The molecule has 0 aromatic heterocycles. The molecule has 0 spiro atoms. The lowest BCUT2D eigenvalue weighted by Crippen LogP contribution is -2.19. The zero-order chi connectivity index (χ0) is 13.6. The van der Waals surface area contributed by atoms with Gasteiger partial charge in [0.25, 0.3) is 0 Å². The van der Waals surface area contributed by atoms with E-state index in [4.69, 9.17) is 9.47 Å². The summed E-state index contributed by atoms with van der Waals surface area (Å²) in [5.74, 6) is 0.367. The molecule has 19 heavy (non-hydrogen) atoms. The average Bonchev–Trinajstić information content (AvgIpc) is 2.94. The lowest BCUT2D eigenvalue weighted by Gasteiger charge is -2.22. The fourth-order valence-electron chi connectivity index (χ4n) is 3.09. The molecule has 0 bridgehead atoms. The van der Waals surface area contributed by atoms with Gasteiger partial charge in [0, 0.05) is 29.5 Å². The largest absolute Gasteiger partial charge is 0.493 e. The number of aliphatic carboxylic acids is 1. The van der Waals surface area contributed by atoms with Gasteiger partial charge in [-0.2, -0.15) is 0 Å². The van der Waals surface area contributed by atoms with Crippen molar-refractivity contribution < 1.29 is 19.4 Å². The fourth-order valence-corrected chi connectivity index (χ4v) is 3.09. The molecule has 3 rings (SSSR count). The van der Waals surface area contributed by atoms with Crippen LogP contribution in [0.5, 0.6) is 11.5 Å². The van der Waals surface area contributed by atoms with Gasteiger partial charge < -0.3 is 14.6 Å². The molecule has 0 saturated carbocycles. The summed E-state index contributed by atoms with van der Waals surface area (Å²) in [6.45, 7) is 5.15. The van der Waals surface area contributed by atoms with Gasteiger partial charge in [0.05, 0.1) is 19.1 Å². The highest BCUT2D eigenvalue weighted by molar-refractivity contribution is 5.80. The monoisotopic (exact) mass is 262 g/mol. The predicted octanol–water partition coefficient (Wildman–Crippen LogP) is 2.38. The van der Waals surface area contributed by atoms with E-state index < -0.39 is 11.9 Å². The van der Waals surface area contributed by atoms with Gasteiger partial charge in [-0.25, -0.2) is 0 Å². The summed E-state index contributed by atoms with van der Waals surface area (Å²) in [6, 6.07) is 2.02. The normalized spacial score (nSPS) is 17.6. The van der Waals surface area contributed by atoms with Gasteiger partial charge in [-0.3, -0.25) is 4.79 Å². The minimum absolute atomic E-state index is 0.0258. The molecule has 4 heteroatoms. The van der Waals surface area contributed by atoms with Crippen LogP contribution >= 0.6 is 0 Å². The molecule has 2 aliphatic heterocycles. The Morgan fingerprint density at radius 1 is 1.26 bits per heavy atom. The Hall–Kier alpha value is -1.71. The van der Waals surface area contributed by atoms with Crippen LogP contribution in [0.25, 0.3) is 0 Å². The molecule has 2 aliphatic rings. The second-order valence-electron chi connectivity index (χ2n) is 5.51. The van der Waals surface area contributed by atoms with Crippen molar-refractivity contribution in [2.75, 3.05) is 13.2 Å². The second kappa shape index (κ2) is 4.44. The van der Waals surface area contributed by atoms with Crippen molar-refractivity contribution in [2.24, 2.45) is 5.92 Å². The highest BCUT2D eigenvalue weighted by Crippen LogP contribution is 2.45. The topological polar surface area (TPSA) is 55.8 Å². The minimum atomic E-state index is -0.784. The molecule has 1 aromatic rings. The first kappa shape index (κ1) is 12.3. The van der Waals surface area contributed by atoms with Crippen LogP contribution in [0.15, 0.2) is 6.07 Å². The van der Waals surface area contributed by atoms with Crippen molar-refractivity contribution in [3.8, 4) is 11.5 Å². The Bertz CT molecular complexity index is 501. The summed E-state index contributed by atoms with van der Waals surface area (Å²) in [5.41, 5.74) is 2.97. The van der Waals surface area contributed by atoms with Crippen LogP contribution in [0, 0.1) is 5.92 Å². The van der Waals surface area contributed by atoms with Crippen LogP contribution in [0.1, 0.15) is 36.5 Å². The summed E-state index contributed by atoms with van der Waals surface area (Å²) in [4.78, 5) is 11.6. The fraction of sp³-hybridized carbons (Fsp3) is 0.533. The van der Waals surface area contributed by atoms with E-state index in [0.717, 1.165) is 41.0 Å². The van der Waals surface area contributed by atoms with E-state index in [9.17, 15) is 9.90 Å². The standard InChI is InChI=1S/C15H18O4/c1-8(2)12(15(16)17)13-10-4-6-18-11(10)7-9-3-5-19-14(9)13/h7-8,12H,3-6H2,1-2H3,(H,16,17). The van der Waals surface area contributed by atoms with Gasteiger partial charge in [-0.15, -0.1) is 0 Å². The number of carboxylic acids is 1. The maximum Gasteiger partial charge on any atom is 0.311 e. The van der Waals surface area contributed by atoms with Crippen molar-refractivity contribution in [1.82, 2.24) is 0 Å². The van der Waals surface area contributed by atoms with E-state index in [1.165, 1.54) is 0 Å². The zero-order valence-corrected chi connectivity index (χ0v) is 11.2. The van der Waals surface area contributed by atoms with Crippen molar-refractivity contribution in [1.29, 1.82) is 0 Å². The Kier molecular flexibility index (Phi) is 2.88. The van der Waals surface area contributed by atoms with Gasteiger partial charge in [-0.05, 0) is 12.0 Å². The van der Waals surface area contributed by atoms with Crippen molar-refractivity contribution in [2.45, 2.75) is 32.6 Å². The molecular formula is C15H18O4. The smallest absolute Gasteiger partial charge is 0.311 e. The van der Waals surface area contributed by atoms with Crippen molar-refractivity contribution in [3.05, 3.63) is 22.8 Å². The third kappa shape index (κ3) is 1.86. The molecule has 0 saturated heterocycles. The summed E-state index contributed by atoms with van der Waals surface area (Å²) >= 11 is 0. The summed E-state index contributed by atoms with van der Waals surface area (Å²) in [5, 5.41) is 9.56. The van der Waals surface area contributed by atoms with Crippen LogP contribution in [0.2, 0.25) is 0 Å². The highest BCUT2D eigenvalue weighted by Gasteiger charge is 2.35. The van der Waals surface area contributed by atoms with E-state index in [1.54, 1.807) is 0 Å². The number of hydrogen-bond acceptors (Lipinski definition) is 3. The Morgan fingerprint density at radius 3 is 2.68 bits per heavy atom. The quantitative estimate of drug-likeness (QED) is 0.908. The van der Waals surface area contributed by atoms with Gasteiger partial charge in [0.2, 0.25) is 0 Å². The number of benzene rings is 1. The van der Waals surface area contributed by atoms with E-state index >= 15 is 0 Å². The van der Waals surface area contributed by atoms with Crippen LogP contribution in [0.4, 0.5) is 0 Å². The first-order chi connectivity index (χ1) is 9.09. The summed E-state index contributed by atoms with van der Waals surface area (Å²) in [7, 11) is 0. The number of hydrogen-bond donors (Lipinski definition) is 1. The van der Waals surface area contributed by atoms with E-state index in [1.807, 2.05) is 19.9 Å². The zero-order valence-electron chi connectivity index (χ0n) is 11.2. The van der Waals surface area contributed by atoms with Crippen LogP contribution < -0.4 is 9.47 Å². The molecule has 0 aliphatic carbocycles. The van der Waals surface area contributed by atoms with E-state index in [2.05, 4.69) is 0 Å². The summed E-state index contributed by atoms with van der Waals surface area (Å²) in [6.07, 6.45) is 1.61. The maximum absolute atomic E-state index is 11.6. The first-order valence-corrected chi connectivity index (χ1v) is 6.76. The van der Waals surface area contributed by atoms with Crippen molar-refractivity contribution in [3.63, 3.8) is 0 Å². The molecule has 0 fully saturated rings. The lowest BCUT2D eigenvalue weighted by atomic mass is 9.83. The maximum atomic E-state index is 11.6. The van der Waals surface area contributed by atoms with Gasteiger partial charge in [0.15, 0.2) is 0 Å². The van der Waals surface area contributed by atoms with Crippen LogP contribution in [0.3, 0.4) is 0 Å². The molecule has 1 unspecified atom stereocenters. The van der Waals surface area contributed by atoms with E-state index in [-0.39, 0.29) is 5.92 Å². The third-order valence-electron chi connectivity index (χ3n) is 3.94. The second-order valence-corrected chi connectivity index (χ2v) is 5.51. The third-order valence-corrected chi connectivity index (χ3v) is 3.94. The van der Waals surface area contributed by atoms with Crippen LogP contribution in [-0.2, 0) is 17.6 Å². The molecule has 102 valence electrons. The number of carboxylic acid groups (broad SMARTS) is 1. The summed E-state index contributed by atoms with van der Waals surface area (Å²) < 4.78 is 11.3. The number of rotatable bonds is 3. The van der Waals surface area contributed by atoms with Gasteiger partial charge >= 0.3 is 5.97 Å². The Morgan fingerprint density at radius 2 is 2.00 bits per heavy atom. The molecule has 0 amide bonds. The molecule has 1 atom stereocenters. The minimum Gasteiger partial charge on any atom is -0.493 e. The number of fused-ring (bicyclic) bond motifs is 2. The molecule has 0 radical (unpaired) electrons. The highest BCUT2D eigenvalue weighted by atomic mass is 16.5. The SMILES string of the molecule is CC(C)C(C(=O)O)c1c2c(cc3c1OCC3)OCC2. The van der Waals surface area contributed by atoms with Gasteiger partial charge in [-0.1, -0.05) is 13.8 Å². The molecule has 1 N–H and O–H groups in total. The predicted molar refractivity (Wildman–Crippen MR) is 70.1 cm³/mol. The molecule has 1 aromatic carbocycles. The molecule has 4 nitrogen and oxygen atoms in total. The number of carbonyl (C=O) groups is 1. The van der Waals surface area contributed by atoms with Crippen LogP contribution in [-0.4, -0.2) is 24.3 Å². The average molecular weight is 262 g/mol.